The molecule has 1 saturated heterocycles. The van der Waals surface area contributed by atoms with E-state index >= 15 is 0 Å². The fourth-order valence-electron chi connectivity index (χ4n) is 3.77. The average molecular weight is 390 g/mol. The number of aryl methyl sites for hydroxylation is 1. The van der Waals surface area contributed by atoms with E-state index in [1.54, 1.807) is 17.0 Å². The van der Waals surface area contributed by atoms with Crippen molar-refractivity contribution in [1.29, 1.82) is 0 Å². The first kappa shape index (κ1) is 17.6. The summed E-state index contributed by atoms with van der Waals surface area (Å²) in [5, 5.41) is 17.6. The Hall–Kier alpha value is -3.46. The molecule has 0 aromatic carbocycles. The molecular weight excluding hydrogens is 368 g/mol. The van der Waals surface area contributed by atoms with Crippen molar-refractivity contribution < 1.29 is 5.11 Å². The number of hydrogen-bond donors (Lipinski definition) is 2. The molecule has 1 aliphatic heterocycles. The lowest BCUT2D eigenvalue weighted by atomic mass is 10.2. The van der Waals surface area contributed by atoms with E-state index in [2.05, 4.69) is 25.3 Å². The first-order valence-corrected chi connectivity index (χ1v) is 9.68. The minimum Gasteiger partial charge on any atom is -0.394 e. The molecular formula is C20H22N8O. The molecule has 5 heterocycles. The summed E-state index contributed by atoms with van der Waals surface area (Å²) in [5.74, 6) is 1.98. The summed E-state index contributed by atoms with van der Waals surface area (Å²) < 4.78 is 3.75. The molecule has 1 fully saturated rings. The van der Waals surface area contributed by atoms with E-state index in [4.69, 9.17) is 4.98 Å². The Morgan fingerprint density at radius 1 is 1.28 bits per heavy atom. The van der Waals surface area contributed by atoms with Gasteiger partial charge in [0.1, 0.15) is 17.7 Å². The summed E-state index contributed by atoms with van der Waals surface area (Å²) in [4.78, 5) is 15.5. The lowest BCUT2D eigenvalue weighted by Gasteiger charge is -2.23. The lowest BCUT2D eigenvalue weighted by molar-refractivity contribution is 0.265. The standard InChI is InChI=1S/C20H22N8O/c1-14-10-15(6-7-21-14)26-11-18(22-13-26)23-19-17-5-3-9-28(17)25-20(24-19)27-8-2-4-16(27)12-29/h3,5-7,9-11,13,16,29H,2,4,8,12H2,1H3,(H,23,24,25). The summed E-state index contributed by atoms with van der Waals surface area (Å²) >= 11 is 0. The molecule has 0 saturated carbocycles. The molecule has 9 heteroatoms. The van der Waals surface area contributed by atoms with Gasteiger partial charge in [0, 0.05) is 30.3 Å². The van der Waals surface area contributed by atoms with Crippen LogP contribution in [-0.2, 0) is 0 Å². The maximum Gasteiger partial charge on any atom is 0.245 e. The van der Waals surface area contributed by atoms with Gasteiger partial charge in [-0.25, -0.2) is 9.50 Å². The van der Waals surface area contributed by atoms with Gasteiger partial charge in [-0.1, -0.05) is 0 Å². The number of hydrogen-bond acceptors (Lipinski definition) is 7. The van der Waals surface area contributed by atoms with Gasteiger partial charge >= 0.3 is 0 Å². The summed E-state index contributed by atoms with van der Waals surface area (Å²) in [6.45, 7) is 2.91. The Bertz CT molecular complexity index is 1150. The minimum absolute atomic E-state index is 0.0602. The first-order chi connectivity index (χ1) is 14.2. The van der Waals surface area contributed by atoms with Gasteiger partial charge in [0.05, 0.1) is 18.8 Å². The van der Waals surface area contributed by atoms with E-state index in [0.717, 1.165) is 36.3 Å². The van der Waals surface area contributed by atoms with Crippen molar-refractivity contribution in [2.45, 2.75) is 25.8 Å². The zero-order valence-corrected chi connectivity index (χ0v) is 16.1. The predicted molar refractivity (Wildman–Crippen MR) is 110 cm³/mol. The van der Waals surface area contributed by atoms with Crippen LogP contribution in [0, 0.1) is 6.92 Å². The number of fused-ring (bicyclic) bond motifs is 1. The number of pyridine rings is 1. The number of aliphatic hydroxyl groups is 1. The number of imidazole rings is 1. The van der Waals surface area contributed by atoms with Crippen LogP contribution in [-0.4, -0.2) is 53.4 Å². The second-order valence-corrected chi connectivity index (χ2v) is 7.22. The maximum absolute atomic E-state index is 9.67. The number of rotatable bonds is 5. The highest BCUT2D eigenvalue weighted by atomic mass is 16.3. The van der Waals surface area contributed by atoms with Crippen molar-refractivity contribution in [3.05, 3.63) is 54.9 Å². The molecule has 2 N–H and O–H groups in total. The highest BCUT2D eigenvalue weighted by Crippen LogP contribution is 2.26. The van der Waals surface area contributed by atoms with Crippen molar-refractivity contribution in [2.75, 3.05) is 23.4 Å². The quantitative estimate of drug-likeness (QED) is 0.540. The molecule has 4 aromatic rings. The Kier molecular flexibility index (Phi) is 4.36. The van der Waals surface area contributed by atoms with E-state index < -0.39 is 0 Å². The Morgan fingerprint density at radius 2 is 2.21 bits per heavy atom. The molecule has 0 radical (unpaired) electrons. The summed E-state index contributed by atoms with van der Waals surface area (Å²) in [5.41, 5.74) is 2.81. The molecule has 29 heavy (non-hydrogen) atoms. The lowest BCUT2D eigenvalue weighted by Crippen LogP contribution is -2.34. The van der Waals surface area contributed by atoms with Gasteiger partial charge in [-0.3, -0.25) is 4.98 Å². The molecule has 1 aliphatic rings. The largest absolute Gasteiger partial charge is 0.394 e. The van der Waals surface area contributed by atoms with Crippen molar-refractivity contribution in [3.63, 3.8) is 0 Å². The molecule has 0 spiro atoms. The number of nitrogens with zero attached hydrogens (tertiary/aromatic N) is 7. The third-order valence-corrected chi connectivity index (χ3v) is 5.23. The second kappa shape index (κ2) is 7.17. The molecule has 5 rings (SSSR count). The molecule has 9 nitrogen and oxygen atoms in total. The summed E-state index contributed by atoms with van der Waals surface area (Å²) in [6, 6.07) is 7.90. The van der Waals surface area contributed by atoms with Crippen LogP contribution in [0.2, 0.25) is 0 Å². The van der Waals surface area contributed by atoms with Gasteiger partial charge in [0.2, 0.25) is 5.95 Å². The molecule has 148 valence electrons. The van der Waals surface area contributed by atoms with Crippen LogP contribution < -0.4 is 10.2 Å². The first-order valence-electron chi connectivity index (χ1n) is 9.68. The molecule has 1 unspecified atom stereocenters. The molecule has 0 aliphatic carbocycles. The Labute approximate surface area is 167 Å². The van der Waals surface area contributed by atoms with Crippen molar-refractivity contribution >= 4 is 23.1 Å². The van der Waals surface area contributed by atoms with Gasteiger partial charge in [-0.2, -0.15) is 4.98 Å². The second-order valence-electron chi connectivity index (χ2n) is 7.22. The van der Waals surface area contributed by atoms with Crippen LogP contribution in [0.4, 0.5) is 17.6 Å². The third kappa shape index (κ3) is 3.29. The number of aromatic nitrogens is 6. The van der Waals surface area contributed by atoms with Gasteiger partial charge in [0.15, 0.2) is 5.82 Å². The molecule has 0 amide bonds. The zero-order chi connectivity index (χ0) is 19.8. The highest BCUT2D eigenvalue weighted by molar-refractivity contribution is 5.73. The number of anilines is 3. The smallest absolute Gasteiger partial charge is 0.245 e. The number of aliphatic hydroxyl groups excluding tert-OH is 1. The van der Waals surface area contributed by atoms with Crippen LogP contribution in [0.3, 0.4) is 0 Å². The van der Waals surface area contributed by atoms with E-state index in [1.165, 1.54) is 0 Å². The number of nitrogens with one attached hydrogen (secondary N) is 1. The van der Waals surface area contributed by atoms with Gasteiger partial charge < -0.3 is 19.9 Å². The average Bonchev–Trinajstić information content (AvgIpc) is 3.47. The van der Waals surface area contributed by atoms with Crippen molar-refractivity contribution in [1.82, 2.24) is 29.1 Å². The van der Waals surface area contributed by atoms with E-state index in [-0.39, 0.29) is 12.6 Å². The van der Waals surface area contributed by atoms with E-state index in [1.807, 2.05) is 48.1 Å². The van der Waals surface area contributed by atoms with Crippen LogP contribution >= 0.6 is 0 Å². The predicted octanol–water partition coefficient (Wildman–Crippen LogP) is 2.32. The summed E-state index contributed by atoms with van der Waals surface area (Å²) in [7, 11) is 0. The highest BCUT2D eigenvalue weighted by Gasteiger charge is 2.27. The fourth-order valence-corrected chi connectivity index (χ4v) is 3.77. The van der Waals surface area contributed by atoms with Crippen LogP contribution in [0.15, 0.2) is 49.2 Å². The van der Waals surface area contributed by atoms with Gasteiger partial charge in [-0.05, 0) is 44.0 Å². The van der Waals surface area contributed by atoms with E-state index in [0.29, 0.717) is 17.6 Å². The monoisotopic (exact) mass is 390 g/mol. The normalized spacial score (nSPS) is 16.6. The van der Waals surface area contributed by atoms with Gasteiger partial charge in [0.25, 0.3) is 0 Å². The molecule has 0 bridgehead atoms. The van der Waals surface area contributed by atoms with Crippen molar-refractivity contribution in [3.8, 4) is 5.69 Å². The Morgan fingerprint density at radius 3 is 3.07 bits per heavy atom. The molecule has 4 aromatic heterocycles. The molecule has 1 atom stereocenters. The topological polar surface area (TPSA) is 96.4 Å². The zero-order valence-electron chi connectivity index (χ0n) is 16.1. The fraction of sp³-hybridized carbons (Fsp3) is 0.300. The maximum atomic E-state index is 9.67. The van der Waals surface area contributed by atoms with Crippen LogP contribution in [0.5, 0.6) is 0 Å². The Balaban J connectivity index is 1.48. The van der Waals surface area contributed by atoms with Crippen molar-refractivity contribution in [2.24, 2.45) is 0 Å². The van der Waals surface area contributed by atoms with Crippen LogP contribution in [0.1, 0.15) is 18.5 Å². The minimum atomic E-state index is 0.0602. The van der Waals surface area contributed by atoms with E-state index in [9.17, 15) is 5.11 Å². The SMILES string of the molecule is Cc1cc(-n2cnc(Nc3nc(N4CCCC4CO)nn4cccc34)c2)ccn1. The third-order valence-electron chi connectivity index (χ3n) is 5.23. The van der Waals surface area contributed by atoms with Gasteiger partial charge in [-0.15, -0.1) is 5.10 Å². The van der Waals surface area contributed by atoms with Crippen LogP contribution in [0.25, 0.3) is 11.2 Å². The summed E-state index contributed by atoms with van der Waals surface area (Å²) in [6.07, 6.45) is 9.33.